The number of imidazole rings is 1. The predicted molar refractivity (Wildman–Crippen MR) is 74.7 cm³/mol. The van der Waals surface area contributed by atoms with Gasteiger partial charge in [0.25, 0.3) is 0 Å². The lowest BCUT2D eigenvalue weighted by Gasteiger charge is -2.16. The van der Waals surface area contributed by atoms with E-state index in [9.17, 15) is 0 Å². The van der Waals surface area contributed by atoms with Crippen molar-refractivity contribution in [2.24, 2.45) is 5.73 Å². The fourth-order valence-electron chi connectivity index (χ4n) is 2.15. The second-order valence-electron chi connectivity index (χ2n) is 4.29. The number of nitrogens with zero attached hydrogens (tertiary/aromatic N) is 4. The fraction of sp³-hybridized carbons (Fsp3) is 0.538. The van der Waals surface area contributed by atoms with E-state index in [1.54, 1.807) is 0 Å². The van der Waals surface area contributed by atoms with E-state index in [0.717, 1.165) is 35.7 Å². The molecule has 0 saturated carbocycles. The number of hydrogen-bond donors (Lipinski definition) is 1. The Morgan fingerprint density at radius 2 is 1.89 bits per heavy atom. The van der Waals surface area contributed by atoms with E-state index >= 15 is 0 Å². The molecule has 2 aromatic rings. The number of fused-ring (bicyclic) bond motifs is 1. The Hall–Kier alpha value is -1.98. The van der Waals surface area contributed by atoms with Gasteiger partial charge < -0.3 is 10.3 Å². The van der Waals surface area contributed by atoms with Crippen LogP contribution in [0, 0.1) is 13.8 Å². The molecule has 0 spiro atoms. The minimum Gasteiger partial charge on any atom is -0.372 e. The highest BCUT2D eigenvalue weighted by molar-refractivity contribution is 5.66. The Kier molecular flexibility index (Phi) is 5.41. The molecule has 0 aromatic carbocycles. The average Bonchev–Trinajstić information content (AvgIpc) is 2.68. The number of primary amides is 1. The summed E-state index contributed by atoms with van der Waals surface area (Å²) in [7, 11) is 0. The van der Waals surface area contributed by atoms with E-state index in [4.69, 9.17) is 4.79 Å². The van der Waals surface area contributed by atoms with E-state index in [1.807, 2.05) is 20.0 Å². The molecule has 2 N–H and O–H groups in total. The van der Waals surface area contributed by atoms with Gasteiger partial charge in [-0.1, -0.05) is 13.8 Å². The lowest BCUT2D eigenvalue weighted by molar-refractivity contribution is -0.106. The van der Waals surface area contributed by atoms with E-state index in [1.165, 1.54) is 0 Å². The Morgan fingerprint density at radius 3 is 2.42 bits per heavy atom. The van der Waals surface area contributed by atoms with E-state index in [2.05, 4.69) is 39.1 Å². The van der Waals surface area contributed by atoms with E-state index in [-0.39, 0.29) is 6.41 Å². The summed E-state index contributed by atoms with van der Waals surface area (Å²) < 4.78 is 2.21. The van der Waals surface area contributed by atoms with Gasteiger partial charge in [0, 0.05) is 6.04 Å². The van der Waals surface area contributed by atoms with Crippen molar-refractivity contribution in [1.82, 2.24) is 19.5 Å². The summed E-state index contributed by atoms with van der Waals surface area (Å²) in [6, 6.07) is 0.474. The summed E-state index contributed by atoms with van der Waals surface area (Å²) in [6.07, 6.45) is 4.25. The summed E-state index contributed by atoms with van der Waals surface area (Å²) in [6.45, 7) is 8.36. The molecule has 0 aliphatic carbocycles. The summed E-state index contributed by atoms with van der Waals surface area (Å²) in [5.74, 6) is 1.01. The molecule has 0 fully saturated rings. The van der Waals surface area contributed by atoms with Gasteiger partial charge >= 0.3 is 0 Å². The minimum absolute atomic E-state index is 0.250. The van der Waals surface area contributed by atoms with E-state index in [0.29, 0.717) is 6.04 Å². The summed E-state index contributed by atoms with van der Waals surface area (Å²) in [5.41, 5.74) is 6.77. The zero-order valence-corrected chi connectivity index (χ0v) is 11.9. The Labute approximate surface area is 113 Å². The number of carbonyl (C=O) groups excluding carboxylic acids is 1. The van der Waals surface area contributed by atoms with Crippen LogP contribution in [-0.4, -0.2) is 25.9 Å². The predicted octanol–water partition coefficient (Wildman–Crippen LogP) is 1.91. The zero-order chi connectivity index (χ0) is 14.4. The van der Waals surface area contributed by atoms with Gasteiger partial charge in [-0.15, -0.1) is 0 Å². The third kappa shape index (κ3) is 3.27. The molecule has 2 heterocycles. The van der Waals surface area contributed by atoms with Gasteiger partial charge in [-0.25, -0.2) is 15.0 Å². The molecule has 0 atom stereocenters. The molecule has 0 radical (unpaired) electrons. The van der Waals surface area contributed by atoms with Crippen LogP contribution in [0.25, 0.3) is 11.3 Å². The third-order valence-corrected chi connectivity index (χ3v) is 3.01. The largest absolute Gasteiger partial charge is 0.372 e. The standard InChI is InChI=1S/C12H18N4.CH3NO/c1-5-10(6-2)16-9(4)15-11-12(16)13-7-8(3)14-11;2-1-3/h7,10H,5-6H2,1-4H3;1H,(H2,2,3). The van der Waals surface area contributed by atoms with Crippen LogP contribution in [0.2, 0.25) is 0 Å². The Bertz CT molecular complexity index is 545. The number of rotatable bonds is 3. The third-order valence-electron chi connectivity index (χ3n) is 3.01. The monoisotopic (exact) mass is 263 g/mol. The highest BCUT2D eigenvalue weighted by Gasteiger charge is 2.15. The number of aromatic nitrogens is 4. The molecule has 19 heavy (non-hydrogen) atoms. The molecule has 6 nitrogen and oxygen atoms in total. The molecule has 104 valence electrons. The molecule has 2 aromatic heterocycles. The molecule has 0 aliphatic rings. The second kappa shape index (κ2) is 6.82. The SMILES string of the molecule is CCC(CC)n1c(C)nc2nc(C)cnc21.NC=O. The summed E-state index contributed by atoms with van der Waals surface area (Å²) >= 11 is 0. The maximum Gasteiger partial charge on any atom is 0.204 e. The molecule has 6 heteroatoms. The first-order chi connectivity index (χ1) is 9.08. The maximum absolute atomic E-state index is 8.58. The molecule has 0 aliphatic heterocycles. The van der Waals surface area contributed by atoms with Crippen LogP contribution in [0.1, 0.15) is 44.2 Å². The summed E-state index contributed by atoms with van der Waals surface area (Å²) in [5, 5.41) is 0. The first-order valence-corrected chi connectivity index (χ1v) is 6.42. The van der Waals surface area contributed by atoms with Crippen LogP contribution in [0.5, 0.6) is 0 Å². The van der Waals surface area contributed by atoms with Crippen molar-refractivity contribution in [1.29, 1.82) is 0 Å². The van der Waals surface area contributed by atoms with Gasteiger partial charge in [0.1, 0.15) is 5.82 Å². The Morgan fingerprint density at radius 1 is 1.32 bits per heavy atom. The molecule has 0 bridgehead atoms. The normalized spacial score (nSPS) is 10.4. The molecular weight excluding hydrogens is 242 g/mol. The Balaban J connectivity index is 0.000000550. The lowest BCUT2D eigenvalue weighted by Crippen LogP contribution is -2.09. The van der Waals surface area contributed by atoms with Crippen molar-refractivity contribution in [3.8, 4) is 0 Å². The molecule has 0 unspecified atom stereocenters. The van der Waals surface area contributed by atoms with Crippen molar-refractivity contribution in [2.45, 2.75) is 46.6 Å². The van der Waals surface area contributed by atoms with Crippen molar-refractivity contribution >= 4 is 17.7 Å². The van der Waals surface area contributed by atoms with Gasteiger partial charge in [0.15, 0.2) is 11.3 Å². The van der Waals surface area contributed by atoms with Gasteiger partial charge in [0.05, 0.1) is 11.9 Å². The van der Waals surface area contributed by atoms with Gasteiger partial charge in [-0.05, 0) is 26.7 Å². The smallest absolute Gasteiger partial charge is 0.204 e. The van der Waals surface area contributed by atoms with Crippen LogP contribution < -0.4 is 5.73 Å². The van der Waals surface area contributed by atoms with Crippen LogP contribution >= 0.6 is 0 Å². The first-order valence-electron chi connectivity index (χ1n) is 6.42. The van der Waals surface area contributed by atoms with Gasteiger partial charge in [0.2, 0.25) is 6.41 Å². The molecule has 2 rings (SSSR count). The number of hydrogen-bond acceptors (Lipinski definition) is 4. The highest BCUT2D eigenvalue weighted by Crippen LogP contribution is 2.22. The number of amides is 1. The first kappa shape index (κ1) is 15.1. The number of aryl methyl sites for hydroxylation is 2. The zero-order valence-electron chi connectivity index (χ0n) is 11.9. The molecule has 1 amide bonds. The van der Waals surface area contributed by atoms with Crippen LogP contribution in [-0.2, 0) is 4.79 Å². The highest BCUT2D eigenvalue weighted by atomic mass is 16.1. The quantitative estimate of drug-likeness (QED) is 0.857. The number of nitrogens with two attached hydrogens (primary N) is 1. The van der Waals surface area contributed by atoms with Gasteiger partial charge in [-0.2, -0.15) is 0 Å². The molecular formula is C13H21N5O. The minimum atomic E-state index is 0.250. The van der Waals surface area contributed by atoms with Crippen molar-refractivity contribution in [3.63, 3.8) is 0 Å². The van der Waals surface area contributed by atoms with Crippen molar-refractivity contribution < 1.29 is 4.79 Å². The number of carbonyl (C=O) groups is 1. The van der Waals surface area contributed by atoms with Crippen molar-refractivity contribution in [2.75, 3.05) is 0 Å². The van der Waals surface area contributed by atoms with Crippen LogP contribution in [0.4, 0.5) is 0 Å². The topological polar surface area (TPSA) is 86.7 Å². The molecule has 0 saturated heterocycles. The van der Waals surface area contributed by atoms with Gasteiger partial charge in [-0.3, -0.25) is 4.79 Å². The average molecular weight is 263 g/mol. The second-order valence-corrected chi connectivity index (χ2v) is 4.29. The van der Waals surface area contributed by atoms with E-state index < -0.39 is 0 Å². The van der Waals surface area contributed by atoms with Crippen LogP contribution in [0.15, 0.2) is 6.20 Å². The van der Waals surface area contributed by atoms with Crippen LogP contribution in [0.3, 0.4) is 0 Å². The summed E-state index contributed by atoms with van der Waals surface area (Å²) in [4.78, 5) is 21.9. The van der Waals surface area contributed by atoms with Crippen molar-refractivity contribution in [3.05, 3.63) is 17.7 Å². The maximum atomic E-state index is 8.58. The lowest BCUT2D eigenvalue weighted by atomic mass is 10.1. The fourth-order valence-corrected chi connectivity index (χ4v) is 2.15.